The molecule has 2 amide bonds. The zero-order chi connectivity index (χ0) is 22.1. The molecule has 31 heavy (non-hydrogen) atoms. The van der Waals surface area contributed by atoms with Gasteiger partial charge >= 0.3 is 0 Å². The molecule has 3 aromatic carbocycles. The topological polar surface area (TPSA) is 49.4 Å². The lowest BCUT2D eigenvalue weighted by molar-refractivity contribution is -0.113. The molecule has 0 aliphatic heterocycles. The Morgan fingerprint density at radius 1 is 0.839 bits per heavy atom. The number of anilines is 1. The van der Waals surface area contributed by atoms with Crippen molar-refractivity contribution < 1.29 is 9.59 Å². The van der Waals surface area contributed by atoms with Crippen LogP contribution in [0.3, 0.4) is 0 Å². The van der Waals surface area contributed by atoms with E-state index >= 15 is 0 Å². The second-order valence-corrected chi connectivity index (χ2v) is 8.60. The lowest BCUT2D eigenvalue weighted by Gasteiger charge is -2.27. The quantitative estimate of drug-likeness (QED) is 0.478. The molecule has 0 radical (unpaired) electrons. The standard InChI is InChI=1S/C26H28N2O2S/c1-20(2)28(17-21-9-5-3-6-10-21)26(30)23-15-13-22(14-16-23)18-31-19-25(29)27-24-11-7-4-8-12-24/h3-16,20H,17-19H2,1-2H3,(H,27,29). The van der Waals surface area contributed by atoms with E-state index in [0.717, 1.165) is 16.8 Å². The molecular weight excluding hydrogens is 404 g/mol. The summed E-state index contributed by atoms with van der Waals surface area (Å²) in [6.45, 7) is 4.66. The third-order valence-electron chi connectivity index (χ3n) is 4.84. The Kier molecular flexibility index (Phi) is 8.30. The van der Waals surface area contributed by atoms with Gasteiger partial charge in [-0.3, -0.25) is 9.59 Å². The van der Waals surface area contributed by atoms with Gasteiger partial charge in [0.1, 0.15) is 0 Å². The van der Waals surface area contributed by atoms with E-state index in [1.807, 2.05) is 104 Å². The predicted molar refractivity (Wildman–Crippen MR) is 129 cm³/mol. The largest absolute Gasteiger partial charge is 0.332 e. The van der Waals surface area contributed by atoms with E-state index in [-0.39, 0.29) is 17.9 Å². The van der Waals surface area contributed by atoms with E-state index in [0.29, 0.717) is 23.6 Å². The molecule has 0 aliphatic rings. The van der Waals surface area contributed by atoms with Crippen LogP contribution in [0.4, 0.5) is 5.69 Å². The summed E-state index contributed by atoms with van der Waals surface area (Å²) in [6.07, 6.45) is 0. The fraction of sp³-hybridized carbons (Fsp3) is 0.231. The number of nitrogens with one attached hydrogen (secondary N) is 1. The van der Waals surface area contributed by atoms with Crippen LogP contribution >= 0.6 is 11.8 Å². The fourth-order valence-electron chi connectivity index (χ4n) is 3.16. The summed E-state index contributed by atoms with van der Waals surface area (Å²) in [4.78, 5) is 27.0. The van der Waals surface area contributed by atoms with Gasteiger partial charge in [-0.1, -0.05) is 60.7 Å². The molecule has 1 N–H and O–H groups in total. The van der Waals surface area contributed by atoms with Crippen LogP contribution in [-0.4, -0.2) is 28.5 Å². The third-order valence-corrected chi connectivity index (χ3v) is 5.84. The van der Waals surface area contributed by atoms with Crippen LogP contribution in [-0.2, 0) is 17.1 Å². The Labute approximate surface area is 188 Å². The number of rotatable bonds is 9. The van der Waals surface area contributed by atoms with Crippen LogP contribution in [0.2, 0.25) is 0 Å². The van der Waals surface area contributed by atoms with E-state index in [1.165, 1.54) is 0 Å². The zero-order valence-electron chi connectivity index (χ0n) is 18.0. The molecular formula is C26H28N2O2S. The van der Waals surface area contributed by atoms with Crippen LogP contribution in [0, 0.1) is 0 Å². The van der Waals surface area contributed by atoms with Gasteiger partial charge in [0, 0.05) is 29.6 Å². The van der Waals surface area contributed by atoms with Crippen molar-refractivity contribution >= 4 is 29.3 Å². The lowest BCUT2D eigenvalue weighted by atomic mass is 10.1. The highest BCUT2D eigenvalue weighted by Gasteiger charge is 2.19. The minimum Gasteiger partial charge on any atom is -0.332 e. The molecule has 160 valence electrons. The minimum atomic E-state index is -0.0171. The molecule has 3 aromatic rings. The summed E-state index contributed by atoms with van der Waals surface area (Å²) < 4.78 is 0. The number of amides is 2. The molecule has 0 fully saturated rings. The molecule has 0 bridgehead atoms. The summed E-state index contributed by atoms with van der Waals surface area (Å²) in [5, 5.41) is 2.89. The Morgan fingerprint density at radius 3 is 2.06 bits per heavy atom. The van der Waals surface area contributed by atoms with Gasteiger partial charge in [0.2, 0.25) is 5.91 Å². The average Bonchev–Trinajstić information content (AvgIpc) is 2.79. The summed E-state index contributed by atoms with van der Waals surface area (Å²) in [5.74, 6) is 1.11. The van der Waals surface area contributed by atoms with E-state index in [4.69, 9.17) is 0 Å². The van der Waals surface area contributed by atoms with Gasteiger partial charge < -0.3 is 10.2 Å². The van der Waals surface area contributed by atoms with E-state index in [2.05, 4.69) is 5.32 Å². The SMILES string of the molecule is CC(C)N(Cc1ccccc1)C(=O)c1ccc(CSCC(=O)Nc2ccccc2)cc1. The number of hydrogen-bond donors (Lipinski definition) is 1. The molecule has 4 nitrogen and oxygen atoms in total. The maximum absolute atomic E-state index is 13.0. The molecule has 5 heteroatoms. The van der Waals surface area contributed by atoms with Gasteiger partial charge in [0.15, 0.2) is 0 Å². The molecule has 0 saturated carbocycles. The maximum atomic E-state index is 13.0. The first-order valence-corrected chi connectivity index (χ1v) is 11.5. The van der Waals surface area contributed by atoms with Crippen molar-refractivity contribution in [3.05, 3.63) is 102 Å². The third kappa shape index (κ3) is 7.00. The lowest BCUT2D eigenvalue weighted by Crippen LogP contribution is -2.36. The van der Waals surface area contributed by atoms with Crippen LogP contribution in [0.5, 0.6) is 0 Å². The highest BCUT2D eigenvalue weighted by atomic mass is 32.2. The van der Waals surface area contributed by atoms with Crippen molar-refractivity contribution in [2.24, 2.45) is 0 Å². The normalized spacial score (nSPS) is 10.7. The monoisotopic (exact) mass is 432 g/mol. The van der Waals surface area contributed by atoms with E-state index in [1.54, 1.807) is 11.8 Å². The molecule has 0 spiro atoms. The van der Waals surface area contributed by atoms with Crippen molar-refractivity contribution in [1.29, 1.82) is 0 Å². The van der Waals surface area contributed by atoms with Gasteiger partial charge in [-0.15, -0.1) is 11.8 Å². The second-order valence-electron chi connectivity index (χ2n) is 7.62. The van der Waals surface area contributed by atoms with Crippen molar-refractivity contribution in [2.75, 3.05) is 11.1 Å². The van der Waals surface area contributed by atoms with E-state index < -0.39 is 0 Å². The van der Waals surface area contributed by atoms with Crippen LogP contribution in [0.15, 0.2) is 84.9 Å². The highest BCUT2D eigenvalue weighted by molar-refractivity contribution is 7.99. The number of carbonyl (C=O) groups is 2. The van der Waals surface area contributed by atoms with Crippen LogP contribution in [0.25, 0.3) is 0 Å². The predicted octanol–water partition coefficient (Wildman–Crippen LogP) is 5.61. The number of hydrogen-bond acceptors (Lipinski definition) is 3. The maximum Gasteiger partial charge on any atom is 0.254 e. The average molecular weight is 433 g/mol. The van der Waals surface area contributed by atoms with Crippen molar-refractivity contribution in [3.63, 3.8) is 0 Å². The fourth-order valence-corrected chi connectivity index (χ4v) is 3.95. The summed E-state index contributed by atoms with van der Waals surface area (Å²) in [7, 11) is 0. The number of nitrogens with zero attached hydrogens (tertiary/aromatic N) is 1. The number of para-hydroxylation sites is 1. The summed E-state index contributed by atoms with van der Waals surface area (Å²) in [6, 6.07) is 27.3. The van der Waals surface area contributed by atoms with Gasteiger partial charge in [-0.25, -0.2) is 0 Å². The minimum absolute atomic E-state index is 0.0171. The first-order chi connectivity index (χ1) is 15.0. The van der Waals surface area contributed by atoms with Crippen LogP contribution in [0.1, 0.15) is 35.3 Å². The summed E-state index contributed by atoms with van der Waals surface area (Å²) >= 11 is 1.55. The molecule has 0 unspecified atom stereocenters. The molecule has 3 rings (SSSR count). The molecule has 0 saturated heterocycles. The first kappa shape index (κ1) is 22.6. The van der Waals surface area contributed by atoms with Gasteiger partial charge in [0.25, 0.3) is 5.91 Å². The molecule has 0 aromatic heterocycles. The second kappa shape index (κ2) is 11.4. The zero-order valence-corrected chi connectivity index (χ0v) is 18.8. The van der Waals surface area contributed by atoms with Gasteiger partial charge in [-0.2, -0.15) is 0 Å². The Morgan fingerprint density at radius 2 is 1.45 bits per heavy atom. The van der Waals surface area contributed by atoms with Crippen molar-refractivity contribution in [2.45, 2.75) is 32.2 Å². The first-order valence-electron chi connectivity index (χ1n) is 10.4. The Bertz CT molecular complexity index is 973. The molecule has 0 heterocycles. The molecule has 0 atom stereocenters. The molecule has 0 aliphatic carbocycles. The summed E-state index contributed by atoms with van der Waals surface area (Å²) in [5.41, 5.74) is 3.70. The van der Waals surface area contributed by atoms with E-state index in [9.17, 15) is 9.59 Å². The number of thioether (sulfide) groups is 1. The Balaban J connectivity index is 1.52. The smallest absolute Gasteiger partial charge is 0.254 e. The Hall–Kier alpha value is -3.05. The van der Waals surface area contributed by atoms with Crippen molar-refractivity contribution in [3.8, 4) is 0 Å². The van der Waals surface area contributed by atoms with Gasteiger partial charge in [0.05, 0.1) is 5.75 Å². The number of benzene rings is 3. The van der Waals surface area contributed by atoms with Crippen molar-refractivity contribution in [1.82, 2.24) is 4.90 Å². The highest BCUT2D eigenvalue weighted by Crippen LogP contribution is 2.17. The van der Waals surface area contributed by atoms with Gasteiger partial charge in [-0.05, 0) is 49.2 Å². The number of carbonyl (C=O) groups excluding carboxylic acids is 2. The van der Waals surface area contributed by atoms with Crippen LogP contribution < -0.4 is 5.32 Å².